The van der Waals surface area contributed by atoms with Crippen LogP contribution in [0.5, 0.6) is 0 Å². The van der Waals surface area contributed by atoms with Crippen molar-refractivity contribution in [3.8, 4) is 0 Å². The third-order valence-electron chi connectivity index (χ3n) is 0. The van der Waals surface area contributed by atoms with Gasteiger partial charge in [0.25, 0.3) is 0 Å². The third kappa shape index (κ3) is 156. The van der Waals surface area contributed by atoms with Gasteiger partial charge in [-0.1, -0.05) is 0 Å². The number of primary amides is 4. The quantitative estimate of drug-likeness (QED) is 0.356. The first-order valence-electron chi connectivity index (χ1n) is 2.56. The summed E-state index contributed by atoms with van der Waals surface area (Å²) in [5.41, 5.74) is 17.0. The van der Waals surface area contributed by atoms with Crippen molar-refractivity contribution >= 4 is 12.1 Å². The van der Waals surface area contributed by atoms with E-state index in [-0.39, 0.29) is 5.48 Å². The van der Waals surface area contributed by atoms with E-state index in [9.17, 15) is 0 Å². The molecular formula is C6H18N4O3. The van der Waals surface area contributed by atoms with Gasteiger partial charge in [-0.25, -0.2) is 9.59 Å². The highest BCUT2D eigenvalue weighted by atomic mass is 16.2. The molecule has 0 rings (SSSR count). The first-order chi connectivity index (χ1) is 5.46. The van der Waals surface area contributed by atoms with Crippen molar-refractivity contribution in [1.82, 2.24) is 0 Å². The third-order valence-corrected chi connectivity index (χ3v) is 0. The predicted octanol–water partition coefficient (Wildman–Crippen LogP) is -1.17. The molecule has 0 atom stereocenters. The SMILES string of the molecule is C=C.C=C.NC(N)=O.NC(N)=O.O. The summed E-state index contributed by atoms with van der Waals surface area (Å²) >= 11 is 0. The highest BCUT2D eigenvalue weighted by molar-refractivity contribution is 5.69. The zero-order valence-electron chi connectivity index (χ0n) is 7.45. The Morgan fingerprint density at radius 3 is 0.692 bits per heavy atom. The minimum Gasteiger partial charge on any atom is -0.412 e. The molecule has 7 nitrogen and oxygen atoms in total. The molecule has 0 aliphatic rings. The highest BCUT2D eigenvalue weighted by Gasteiger charge is 1.61. The van der Waals surface area contributed by atoms with Crippen molar-refractivity contribution in [3.63, 3.8) is 0 Å². The number of nitrogens with two attached hydrogens (primary N) is 4. The molecule has 0 spiro atoms. The van der Waals surface area contributed by atoms with Crippen molar-refractivity contribution in [2.75, 3.05) is 0 Å². The number of hydrogen-bond donors (Lipinski definition) is 4. The van der Waals surface area contributed by atoms with Gasteiger partial charge >= 0.3 is 12.1 Å². The van der Waals surface area contributed by atoms with Gasteiger partial charge in [0, 0.05) is 0 Å². The lowest BCUT2D eigenvalue weighted by molar-refractivity contribution is 0.255. The van der Waals surface area contributed by atoms with Crippen LogP contribution in [0.4, 0.5) is 9.59 Å². The fourth-order valence-corrected chi connectivity index (χ4v) is 0. The molecule has 0 heterocycles. The highest BCUT2D eigenvalue weighted by Crippen LogP contribution is 1.26. The molecule has 0 aromatic carbocycles. The summed E-state index contributed by atoms with van der Waals surface area (Å²) < 4.78 is 0. The number of carbonyl (C=O) groups excluding carboxylic acids is 2. The lowest BCUT2D eigenvalue weighted by Crippen LogP contribution is -2.18. The summed E-state index contributed by atoms with van der Waals surface area (Å²) in [6.45, 7) is 12.0. The van der Waals surface area contributed by atoms with Crippen LogP contribution in [0.1, 0.15) is 0 Å². The van der Waals surface area contributed by atoms with E-state index in [2.05, 4.69) is 49.3 Å². The maximum atomic E-state index is 9.00. The van der Waals surface area contributed by atoms with Gasteiger partial charge in [-0.05, 0) is 0 Å². The Labute approximate surface area is 77.4 Å². The molecule has 0 bridgehead atoms. The number of hydrogen-bond acceptors (Lipinski definition) is 2. The van der Waals surface area contributed by atoms with Gasteiger partial charge in [0.1, 0.15) is 0 Å². The first kappa shape index (κ1) is 30.6. The molecule has 0 unspecified atom stereocenters. The van der Waals surface area contributed by atoms with Gasteiger partial charge in [0.05, 0.1) is 0 Å². The second-order valence-corrected chi connectivity index (χ2v) is 0.805. The van der Waals surface area contributed by atoms with Gasteiger partial charge in [0.15, 0.2) is 0 Å². The van der Waals surface area contributed by atoms with Crippen LogP contribution in [0.15, 0.2) is 26.3 Å². The van der Waals surface area contributed by atoms with Gasteiger partial charge in [-0.2, -0.15) is 0 Å². The normalized spacial score (nSPS) is 4.31. The van der Waals surface area contributed by atoms with Gasteiger partial charge in [0.2, 0.25) is 0 Å². The lowest BCUT2D eigenvalue weighted by Gasteiger charge is -1.62. The number of carbonyl (C=O) groups is 2. The Hall–Kier alpha value is -2.02. The molecular weight excluding hydrogens is 176 g/mol. The topological polar surface area (TPSA) is 170 Å². The Bertz CT molecular complexity index is 96.4. The van der Waals surface area contributed by atoms with Crippen LogP contribution >= 0.6 is 0 Å². The van der Waals surface area contributed by atoms with Crippen LogP contribution in [-0.4, -0.2) is 17.5 Å². The van der Waals surface area contributed by atoms with Crippen LogP contribution < -0.4 is 22.9 Å². The second-order valence-electron chi connectivity index (χ2n) is 0.805. The number of amides is 4. The lowest BCUT2D eigenvalue weighted by atomic mass is 11.2. The Balaban J connectivity index is -0.0000000226. The maximum Gasteiger partial charge on any atom is 0.309 e. The van der Waals surface area contributed by atoms with Crippen LogP contribution in [0, 0.1) is 0 Å². The average Bonchev–Trinajstić information content (AvgIpc) is 1.93. The van der Waals surface area contributed by atoms with E-state index >= 15 is 0 Å². The Kier molecular flexibility index (Phi) is 120. The van der Waals surface area contributed by atoms with E-state index in [0.29, 0.717) is 0 Å². The molecule has 0 aromatic rings. The van der Waals surface area contributed by atoms with Crippen LogP contribution in [0.3, 0.4) is 0 Å². The summed E-state index contributed by atoms with van der Waals surface area (Å²) in [5.74, 6) is 0. The molecule has 0 radical (unpaired) electrons. The summed E-state index contributed by atoms with van der Waals surface area (Å²) in [6, 6.07) is -1.67. The average molecular weight is 194 g/mol. The van der Waals surface area contributed by atoms with E-state index < -0.39 is 12.1 Å². The van der Waals surface area contributed by atoms with E-state index in [1.54, 1.807) is 0 Å². The van der Waals surface area contributed by atoms with Crippen molar-refractivity contribution in [2.45, 2.75) is 0 Å². The molecule has 10 N–H and O–H groups in total. The summed E-state index contributed by atoms with van der Waals surface area (Å²) in [7, 11) is 0. The summed E-state index contributed by atoms with van der Waals surface area (Å²) in [5, 5.41) is 0. The molecule has 0 saturated heterocycles. The van der Waals surface area contributed by atoms with Crippen LogP contribution in [-0.2, 0) is 0 Å². The van der Waals surface area contributed by atoms with E-state index in [4.69, 9.17) is 9.59 Å². The second kappa shape index (κ2) is 50.8. The van der Waals surface area contributed by atoms with Crippen molar-refractivity contribution in [3.05, 3.63) is 26.3 Å². The van der Waals surface area contributed by atoms with Crippen LogP contribution in [0.2, 0.25) is 0 Å². The molecule has 0 fully saturated rings. The summed E-state index contributed by atoms with van der Waals surface area (Å²) in [4.78, 5) is 18.0. The largest absolute Gasteiger partial charge is 0.412 e. The van der Waals surface area contributed by atoms with Gasteiger partial charge in [-0.15, -0.1) is 26.3 Å². The monoisotopic (exact) mass is 194 g/mol. The van der Waals surface area contributed by atoms with Crippen molar-refractivity contribution in [1.29, 1.82) is 0 Å². The minimum absolute atomic E-state index is 0. The summed E-state index contributed by atoms with van der Waals surface area (Å²) in [6.07, 6.45) is 0. The molecule has 0 saturated carbocycles. The molecule has 0 aromatic heterocycles. The fraction of sp³-hybridized carbons (Fsp3) is 0. The standard InChI is InChI=1S/2C2H4.2CH4N2O.H2O/c2*1-2;2*2-1(3)4;/h2*1-2H2;2*(H4,2,3,4);1H2. The van der Waals surface area contributed by atoms with Crippen LogP contribution in [0.25, 0.3) is 0 Å². The molecule has 4 amide bonds. The van der Waals surface area contributed by atoms with Gasteiger partial charge in [-0.3, -0.25) is 0 Å². The van der Waals surface area contributed by atoms with E-state index in [1.165, 1.54) is 0 Å². The Morgan fingerprint density at radius 2 is 0.692 bits per heavy atom. The fourth-order valence-electron chi connectivity index (χ4n) is 0. The smallest absolute Gasteiger partial charge is 0.309 e. The van der Waals surface area contributed by atoms with Gasteiger partial charge < -0.3 is 28.4 Å². The first-order valence-corrected chi connectivity index (χ1v) is 2.56. The maximum absolute atomic E-state index is 9.00. The predicted molar refractivity (Wildman–Crippen MR) is 53.7 cm³/mol. The van der Waals surface area contributed by atoms with Crippen molar-refractivity contribution in [2.24, 2.45) is 22.9 Å². The van der Waals surface area contributed by atoms with Crippen molar-refractivity contribution < 1.29 is 15.1 Å². The van der Waals surface area contributed by atoms with E-state index in [1.807, 2.05) is 0 Å². The molecule has 0 aliphatic heterocycles. The number of urea groups is 2. The minimum atomic E-state index is -0.833. The zero-order valence-corrected chi connectivity index (χ0v) is 7.45. The molecule has 13 heavy (non-hydrogen) atoms. The molecule has 0 aliphatic carbocycles. The number of rotatable bonds is 0. The van der Waals surface area contributed by atoms with E-state index in [0.717, 1.165) is 0 Å². The zero-order chi connectivity index (χ0) is 11.2. The molecule has 80 valence electrons. The Morgan fingerprint density at radius 1 is 0.692 bits per heavy atom. The molecule has 7 heteroatoms.